The summed E-state index contributed by atoms with van der Waals surface area (Å²) in [6, 6.07) is 8.77. The molecule has 3 nitrogen and oxygen atoms in total. The molecule has 1 fully saturated rings. The number of carbonyl (C=O) groups is 1. The van der Waals surface area contributed by atoms with Crippen molar-refractivity contribution in [3.05, 3.63) is 59.2 Å². The summed E-state index contributed by atoms with van der Waals surface area (Å²) >= 11 is 0. The number of nitrogens with zero attached hydrogens (tertiary/aromatic N) is 1. The van der Waals surface area contributed by atoms with Crippen molar-refractivity contribution in [2.24, 2.45) is 17.8 Å². The largest absolute Gasteiger partial charge is 0.392 e. The number of fused-ring (bicyclic) bond motifs is 1. The molecule has 4 atom stereocenters. The van der Waals surface area contributed by atoms with Crippen molar-refractivity contribution in [3.8, 4) is 0 Å². The predicted molar refractivity (Wildman–Crippen MR) is 124 cm³/mol. The van der Waals surface area contributed by atoms with Gasteiger partial charge in [-0.1, -0.05) is 53.6 Å². The minimum Gasteiger partial charge on any atom is -0.392 e. The van der Waals surface area contributed by atoms with Gasteiger partial charge in [0.15, 0.2) is 0 Å². The Hall–Kier alpha value is -1.87. The molecule has 1 amide bonds. The van der Waals surface area contributed by atoms with Gasteiger partial charge >= 0.3 is 0 Å². The zero-order valence-electron chi connectivity index (χ0n) is 19.0. The monoisotopic (exact) mass is 409 g/mol. The number of hydrogen-bond donors (Lipinski definition) is 1. The summed E-state index contributed by atoms with van der Waals surface area (Å²) in [5, 5.41) is 10.6. The van der Waals surface area contributed by atoms with Crippen LogP contribution >= 0.6 is 0 Å². The molecular weight excluding hydrogens is 370 g/mol. The maximum Gasteiger partial charge on any atom is 0.222 e. The quantitative estimate of drug-likeness (QED) is 0.411. The lowest BCUT2D eigenvalue weighted by Gasteiger charge is -2.18. The Balaban J connectivity index is 1.39. The Labute approximate surface area is 182 Å². The number of carbonyl (C=O) groups excluding carboxylic acids is 1. The molecule has 2 aliphatic rings. The number of allylic oxidation sites excluding steroid dienone is 3. The number of hydrogen-bond acceptors (Lipinski definition) is 2. The van der Waals surface area contributed by atoms with E-state index in [9.17, 15) is 9.90 Å². The molecule has 1 saturated carbocycles. The summed E-state index contributed by atoms with van der Waals surface area (Å²) in [5.74, 6) is 1.65. The minimum absolute atomic E-state index is 0.191. The van der Waals surface area contributed by atoms with Crippen LogP contribution in [0.15, 0.2) is 48.1 Å². The van der Waals surface area contributed by atoms with Crippen LogP contribution < -0.4 is 0 Å². The van der Waals surface area contributed by atoms with Crippen LogP contribution in [0.1, 0.15) is 62.5 Å². The van der Waals surface area contributed by atoms with Gasteiger partial charge in [-0.25, -0.2) is 0 Å². The van der Waals surface area contributed by atoms with Gasteiger partial charge in [0.25, 0.3) is 0 Å². The molecule has 1 aromatic rings. The van der Waals surface area contributed by atoms with Crippen LogP contribution in [0.4, 0.5) is 0 Å². The normalized spacial score (nSPS) is 25.5. The van der Waals surface area contributed by atoms with Crippen LogP contribution in [0.2, 0.25) is 0 Å². The highest BCUT2D eigenvalue weighted by Crippen LogP contribution is 2.48. The second kappa shape index (κ2) is 10.9. The molecule has 3 rings (SSSR count). The van der Waals surface area contributed by atoms with Gasteiger partial charge in [-0.05, 0) is 75.7 Å². The van der Waals surface area contributed by atoms with Gasteiger partial charge in [0.2, 0.25) is 5.91 Å². The van der Waals surface area contributed by atoms with Gasteiger partial charge in [0, 0.05) is 26.4 Å². The lowest BCUT2D eigenvalue weighted by atomic mass is 9.88. The number of benzene rings is 1. The Morgan fingerprint density at radius 1 is 1.20 bits per heavy atom. The average molecular weight is 410 g/mol. The second-order valence-corrected chi connectivity index (χ2v) is 9.54. The standard InChI is InChI=1S/C27H39NO2/c1-20-10-9-13-21(16-20)11-5-4-6-14-24-25-18-22(17-23(25)19-26(24)29)12-7-8-15-27(30)28(2)3/h6,9-10,13-14,16-17,23-26,29H,4-5,7-8,11-12,15,18-19H2,1-3H3/t23-,24+,25-,26+/m0/s1. The average Bonchev–Trinajstić information content (AvgIpc) is 3.21. The number of aliphatic hydroxyl groups excluding tert-OH is 1. The molecule has 30 heavy (non-hydrogen) atoms. The van der Waals surface area contributed by atoms with Crippen molar-refractivity contribution < 1.29 is 9.90 Å². The molecular formula is C27H39NO2. The second-order valence-electron chi connectivity index (χ2n) is 9.54. The molecule has 0 radical (unpaired) electrons. The van der Waals surface area contributed by atoms with Crippen LogP contribution in [0.25, 0.3) is 0 Å². The van der Waals surface area contributed by atoms with Crippen LogP contribution in [-0.4, -0.2) is 36.1 Å². The maximum atomic E-state index is 11.7. The van der Waals surface area contributed by atoms with Crippen LogP contribution in [-0.2, 0) is 11.2 Å². The number of unbranched alkanes of at least 4 members (excludes halogenated alkanes) is 2. The summed E-state index contributed by atoms with van der Waals surface area (Å²) in [5.41, 5.74) is 4.30. The van der Waals surface area contributed by atoms with Crippen LogP contribution in [0, 0.1) is 24.7 Å². The fourth-order valence-electron chi connectivity index (χ4n) is 5.19. The van der Waals surface area contributed by atoms with E-state index in [4.69, 9.17) is 0 Å². The molecule has 2 aliphatic carbocycles. The molecule has 0 saturated heterocycles. The summed E-state index contributed by atoms with van der Waals surface area (Å²) in [4.78, 5) is 13.4. The third kappa shape index (κ3) is 6.31. The van der Waals surface area contributed by atoms with Crippen LogP contribution in [0.3, 0.4) is 0 Å². The fraction of sp³-hybridized carbons (Fsp3) is 0.593. The van der Waals surface area contributed by atoms with E-state index in [1.54, 1.807) is 10.5 Å². The SMILES string of the molecule is Cc1cccc(CCCC=C[C@@H]2[C@H]3CC(CCCCC(=O)N(C)C)=C[C@H]3C[C@H]2O)c1. The third-order valence-electron chi connectivity index (χ3n) is 6.86. The minimum atomic E-state index is -0.191. The molecule has 3 heteroatoms. The van der Waals surface area contributed by atoms with E-state index in [0.717, 1.165) is 51.4 Å². The topological polar surface area (TPSA) is 40.5 Å². The molecule has 0 bridgehead atoms. The van der Waals surface area contributed by atoms with Gasteiger partial charge < -0.3 is 10.0 Å². The van der Waals surface area contributed by atoms with Gasteiger partial charge in [0.05, 0.1) is 6.10 Å². The first-order valence-electron chi connectivity index (χ1n) is 11.7. The highest BCUT2D eigenvalue weighted by Gasteiger charge is 2.43. The highest BCUT2D eigenvalue weighted by molar-refractivity contribution is 5.75. The van der Waals surface area contributed by atoms with Crippen molar-refractivity contribution in [3.63, 3.8) is 0 Å². The molecule has 1 N–H and O–H groups in total. The van der Waals surface area contributed by atoms with Gasteiger partial charge in [0.1, 0.15) is 0 Å². The summed E-state index contributed by atoms with van der Waals surface area (Å²) in [6.45, 7) is 2.15. The van der Waals surface area contributed by atoms with Crippen molar-refractivity contribution in [1.29, 1.82) is 0 Å². The Kier molecular flexibility index (Phi) is 8.32. The number of aliphatic hydroxyl groups is 1. The molecule has 164 valence electrons. The van der Waals surface area contributed by atoms with E-state index in [1.165, 1.54) is 11.1 Å². The summed E-state index contributed by atoms with van der Waals surface area (Å²) < 4.78 is 0. The number of aryl methyl sites for hydroxylation is 2. The highest BCUT2D eigenvalue weighted by atomic mass is 16.3. The van der Waals surface area contributed by atoms with E-state index in [0.29, 0.717) is 24.2 Å². The van der Waals surface area contributed by atoms with Crippen molar-refractivity contribution in [2.45, 2.75) is 70.8 Å². The van der Waals surface area contributed by atoms with E-state index in [-0.39, 0.29) is 12.0 Å². The van der Waals surface area contributed by atoms with Crippen molar-refractivity contribution >= 4 is 5.91 Å². The zero-order chi connectivity index (χ0) is 21.5. The number of rotatable bonds is 10. The molecule has 0 spiro atoms. The molecule has 1 aromatic carbocycles. The van der Waals surface area contributed by atoms with Gasteiger partial charge in [-0.2, -0.15) is 0 Å². The molecule has 0 heterocycles. The van der Waals surface area contributed by atoms with E-state index < -0.39 is 0 Å². The summed E-state index contributed by atoms with van der Waals surface area (Å²) in [6.07, 6.45) is 16.1. The van der Waals surface area contributed by atoms with Gasteiger partial charge in [-0.3, -0.25) is 4.79 Å². The van der Waals surface area contributed by atoms with Crippen LogP contribution in [0.5, 0.6) is 0 Å². The fourth-order valence-corrected chi connectivity index (χ4v) is 5.19. The summed E-state index contributed by atoms with van der Waals surface area (Å²) in [7, 11) is 3.65. The molecule has 0 aliphatic heterocycles. The Morgan fingerprint density at radius 2 is 2.03 bits per heavy atom. The van der Waals surface area contributed by atoms with E-state index in [1.807, 2.05) is 14.1 Å². The predicted octanol–water partition coefficient (Wildman–Crippen LogP) is 5.47. The number of amides is 1. The lowest BCUT2D eigenvalue weighted by Crippen LogP contribution is -2.21. The maximum absolute atomic E-state index is 11.7. The van der Waals surface area contributed by atoms with E-state index in [2.05, 4.69) is 49.4 Å². The third-order valence-corrected chi connectivity index (χ3v) is 6.86. The van der Waals surface area contributed by atoms with Crippen molar-refractivity contribution in [2.75, 3.05) is 14.1 Å². The zero-order valence-corrected chi connectivity index (χ0v) is 19.0. The first-order valence-corrected chi connectivity index (χ1v) is 11.7. The Morgan fingerprint density at radius 3 is 2.80 bits per heavy atom. The lowest BCUT2D eigenvalue weighted by molar-refractivity contribution is -0.128. The smallest absolute Gasteiger partial charge is 0.222 e. The van der Waals surface area contributed by atoms with E-state index >= 15 is 0 Å². The first-order chi connectivity index (χ1) is 14.4. The Bertz CT molecular complexity index is 764. The first kappa shape index (κ1) is 22.8. The van der Waals surface area contributed by atoms with Crippen molar-refractivity contribution in [1.82, 2.24) is 4.90 Å². The van der Waals surface area contributed by atoms with Gasteiger partial charge in [-0.15, -0.1) is 0 Å². The molecule has 0 aromatic heterocycles. The molecule has 0 unspecified atom stereocenters.